The molecule has 0 bridgehead atoms. The zero-order chi connectivity index (χ0) is 24.2. The molecule has 0 spiro atoms. The molecule has 4 aromatic rings. The average Bonchev–Trinajstić information content (AvgIpc) is 3.20. The van der Waals surface area contributed by atoms with Gasteiger partial charge in [0.05, 0.1) is 11.0 Å². The zero-order valence-electron chi connectivity index (χ0n) is 19.8. The Bertz CT molecular complexity index is 1300. The van der Waals surface area contributed by atoms with Gasteiger partial charge in [-0.2, -0.15) is 0 Å². The molecule has 1 amide bonds. The van der Waals surface area contributed by atoms with Crippen LogP contribution in [0.25, 0.3) is 11.0 Å². The summed E-state index contributed by atoms with van der Waals surface area (Å²) in [7, 11) is 1.96. The van der Waals surface area contributed by atoms with Crippen molar-refractivity contribution in [3.63, 3.8) is 0 Å². The summed E-state index contributed by atoms with van der Waals surface area (Å²) in [6.45, 7) is 2.92. The predicted molar refractivity (Wildman–Crippen MR) is 139 cm³/mol. The van der Waals surface area contributed by atoms with Crippen LogP contribution in [0.2, 0.25) is 0 Å². The van der Waals surface area contributed by atoms with Gasteiger partial charge in [0.1, 0.15) is 5.82 Å². The van der Waals surface area contributed by atoms with E-state index in [1.54, 1.807) is 23.9 Å². The van der Waals surface area contributed by atoms with E-state index in [2.05, 4.69) is 34.5 Å². The highest BCUT2D eigenvalue weighted by atomic mass is 32.2. The lowest BCUT2D eigenvalue weighted by Gasteiger charge is -2.32. The standard InChI is InChI=1S/C28H29FN4OS/c1-32-26-17-22(9-12-25(26)31-28(32)35-19-21-7-10-23(29)11-8-21)27(34)30-24-13-15-33(16-14-24)18-20-5-3-2-4-6-20/h2-12,17,24H,13-16,18-19H2,1H3,(H,30,34). The Morgan fingerprint density at radius 3 is 2.51 bits per heavy atom. The molecule has 5 nitrogen and oxygen atoms in total. The summed E-state index contributed by atoms with van der Waals surface area (Å²) < 4.78 is 15.2. The van der Waals surface area contributed by atoms with Crippen LogP contribution in [-0.2, 0) is 19.3 Å². The largest absolute Gasteiger partial charge is 0.349 e. The number of nitrogens with zero attached hydrogens (tertiary/aromatic N) is 3. The van der Waals surface area contributed by atoms with E-state index in [1.165, 1.54) is 17.7 Å². The number of carbonyl (C=O) groups excluding carboxylic acids is 1. The van der Waals surface area contributed by atoms with Crippen LogP contribution in [0.1, 0.15) is 34.3 Å². The van der Waals surface area contributed by atoms with E-state index >= 15 is 0 Å². The van der Waals surface area contributed by atoms with Crippen molar-refractivity contribution >= 4 is 28.7 Å². The van der Waals surface area contributed by atoms with Gasteiger partial charge >= 0.3 is 0 Å². The molecule has 5 rings (SSSR count). The monoisotopic (exact) mass is 488 g/mol. The third-order valence-electron chi connectivity index (χ3n) is 6.55. The number of carbonyl (C=O) groups is 1. The second-order valence-corrected chi connectivity index (χ2v) is 10.0. The molecule has 1 N–H and O–H groups in total. The Labute approximate surface area is 209 Å². The van der Waals surface area contributed by atoms with Gasteiger partial charge in [-0.3, -0.25) is 9.69 Å². The van der Waals surface area contributed by atoms with Crippen LogP contribution in [0.5, 0.6) is 0 Å². The molecule has 2 heterocycles. The average molecular weight is 489 g/mol. The number of rotatable bonds is 7. The molecule has 1 aromatic heterocycles. The van der Waals surface area contributed by atoms with Crippen molar-refractivity contribution in [2.24, 2.45) is 7.05 Å². The Hall–Kier alpha value is -3.16. The van der Waals surface area contributed by atoms with Gasteiger partial charge in [-0.05, 0) is 54.3 Å². The maximum atomic E-state index is 13.1. The number of amides is 1. The van der Waals surface area contributed by atoms with E-state index < -0.39 is 0 Å². The van der Waals surface area contributed by atoms with Crippen molar-refractivity contribution in [2.45, 2.75) is 36.3 Å². The quantitative estimate of drug-likeness (QED) is 0.354. The predicted octanol–water partition coefficient (Wildman–Crippen LogP) is 5.40. The minimum atomic E-state index is -0.231. The summed E-state index contributed by atoms with van der Waals surface area (Å²) in [5, 5.41) is 4.10. The summed E-state index contributed by atoms with van der Waals surface area (Å²) in [5.41, 5.74) is 4.81. The number of nitrogens with one attached hydrogen (secondary N) is 1. The van der Waals surface area contributed by atoms with Crippen LogP contribution in [-0.4, -0.2) is 39.5 Å². The molecule has 7 heteroatoms. The van der Waals surface area contributed by atoms with Crippen molar-refractivity contribution in [1.29, 1.82) is 0 Å². The lowest BCUT2D eigenvalue weighted by molar-refractivity contribution is 0.0909. The Balaban J connectivity index is 1.18. The van der Waals surface area contributed by atoms with Crippen molar-refractivity contribution in [3.05, 3.63) is 95.3 Å². The number of halogens is 1. The lowest BCUT2D eigenvalue weighted by Crippen LogP contribution is -2.44. The number of piperidine rings is 1. The van der Waals surface area contributed by atoms with E-state index in [9.17, 15) is 9.18 Å². The molecule has 0 radical (unpaired) electrons. The maximum Gasteiger partial charge on any atom is 0.251 e. The molecule has 1 aliphatic rings. The number of hydrogen-bond acceptors (Lipinski definition) is 4. The summed E-state index contributed by atoms with van der Waals surface area (Å²) in [5.74, 6) is 0.438. The second kappa shape index (κ2) is 10.6. The van der Waals surface area contributed by atoms with Crippen LogP contribution in [0.15, 0.2) is 78.0 Å². The topological polar surface area (TPSA) is 50.2 Å². The van der Waals surface area contributed by atoms with Gasteiger partial charge < -0.3 is 9.88 Å². The molecule has 1 aliphatic heterocycles. The third-order valence-corrected chi connectivity index (χ3v) is 7.66. The van der Waals surface area contributed by atoms with Crippen molar-refractivity contribution in [1.82, 2.24) is 19.8 Å². The minimum Gasteiger partial charge on any atom is -0.349 e. The van der Waals surface area contributed by atoms with Gasteiger partial charge in [-0.25, -0.2) is 9.37 Å². The molecule has 0 unspecified atom stereocenters. The van der Waals surface area contributed by atoms with Gasteiger partial charge in [-0.1, -0.05) is 54.2 Å². The van der Waals surface area contributed by atoms with E-state index in [4.69, 9.17) is 4.98 Å². The number of likely N-dealkylation sites (tertiary alicyclic amines) is 1. The van der Waals surface area contributed by atoms with Gasteiger partial charge in [0, 0.05) is 44.0 Å². The van der Waals surface area contributed by atoms with Gasteiger partial charge in [0.25, 0.3) is 5.91 Å². The number of fused-ring (bicyclic) bond motifs is 1. The fourth-order valence-electron chi connectivity index (χ4n) is 4.51. The van der Waals surface area contributed by atoms with Gasteiger partial charge in [-0.15, -0.1) is 0 Å². The first-order chi connectivity index (χ1) is 17.0. The van der Waals surface area contributed by atoms with Crippen molar-refractivity contribution in [3.8, 4) is 0 Å². The molecule has 3 aromatic carbocycles. The molecule has 1 fully saturated rings. The van der Waals surface area contributed by atoms with Crippen LogP contribution in [0.4, 0.5) is 4.39 Å². The van der Waals surface area contributed by atoms with Crippen LogP contribution >= 0.6 is 11.8 Å². The molecular formula is C28H29FN4OS. The van der Waals surface area contributed by atoms with E-state index in [1.807, 2.05) is 35.9 Å². The van der Waals surface area contributed by atoms with Crippen LogP contribution in [0, 0.1) is 5.82 Å². The fourth-order valence-corrected chi connectivity index (χ4v) is 5.46. The molecule has 0 saturated carbocycles. The SMILES string of the molecule is Cn1c(SCc2ccc(F)cc2)nc2ccc(C(=O)NC3CCN(Cc4ccccc4)CC3)cc21. The summed E-state index contributed by atoms with van der Waals surface area (Å²) in [4.78, 5) is 20.2. The van der Waals surface area contributed by atoms with Gasteiger partial charge in [0.2, 0.25) is 0 Å². The first-order valence-corrected chi connectivity index (χ1v) is 12.9. The molecule has 1 saturated heterocycles. The highest BCUT2D eigenvalue weighted by Gasteiger charge is 2.22. The van der Waals surface area contributed by atoms with Crippen molar-refractivity contribution < 1.29 is 9.18 Å². The molecule has 0 aliphatic carbocycles. The number of hydrogen-bond donors (Lipinski definition) is 1. The summed E-state index contributed by atoms with van der Waals surface area (Å²) in [6, 6.07) is 22.9. The highest BCUT2D eigenvalue weighted by molar-refractivity contribution is 7.98. The number of aryl methyl sites for hydroxylation is 1. The number of benzene rings is 3. The number of imidazole rings is 1. The molecule has 0 atom stereocenters. The Morgan fingerprint density at radius 2 is 1.77 bits per heavy atom. The molecule has 180 valence electrons. The van der Waals surface area contributed by atoms with Gasteiger partial charge in [0.15, 0.2) is 5.16 Å². The normalized spacial score (nSPS) is 14.9. The Morgan fingerprint density at radius 1 is 1.03 bits per heavy atom. The maximum absolute atomic E-state index is 13.1. The fraction of sp³-hybridized carbons (Fsp3) is 0.286. The van der Waals surface area contributed by atoms with E-state index in [-0.39, 0.29) is 17.8 Å². The molecular weight excluding hydrogens is 459 g/mol. The molecule has 35 heavy (non-hydrogen) atoms. The zero-order valence-corrected chi connectivity index (χ0v) is 20.6. The third kappa shape index (κ3) is 5.74. The van der Waals surface area contributed by atoms with Crippen LogP contribution < -0.4 is 5.32 Å². The first-order valence-electron chi connectivity index (χ1n) is 12.0. The number of aromatic nitrogens is 2. The number of thioether (sulfide) groups is 1. The summed E-state index contributed by atoms with van der Waals surface area (Å²) >= 11 is 1.60. The Kier molecular flexibility index (Phi) is 7.16. The smallest absolute Gasteiger partial charge is 0.251 e. The first kappa shape index (κ1) is 23.6. The van der Waals surface area contributed by atoms with Crippen molar-refractivity contribution in [2.75, 3.05) is 13.1 Å². The highest BCUT2D eigenvalue weighted by Crippen LogP contribution is 2.26. The van der Waals surface area contributed by atoms with Crippen LogP contribution in [0.3, 0.4) is 0 Å². The second-order valence-electron chi connectivity index (χ2n) is 9.08. The lowest BCUT2D eigenvalue weighted by atomic mass is 10.0. The minimum absolute atomic E-state index is 0.0323. The van der Waals surface area contributed by atoms with E-state index in [0.29, 0.717) is 11.3 Å². The summed E-state index contributed by atoms with van der Waals surface area (Å²) in [6.07, 6.45) is 1.91. The van der Waals surface area contributed by atoms with E-state index in [0.717, 1.165) is 54.2 Å².